The topological polar surface area (TPSA) is 34.1 Å². The molecule has 0 saturated heterocycles. The molecule has 2 rings (SSSR count). The Morgan fingerprint density at radius 2 is 2.19 bits per heavy atom. The summed E-state index contributed by atoms with van der Waals surface area (Å²) in [7, 11) is 0. The second-order valence-corrected chi connectivity index (χ2v) is 7.59. The van der Waals surface area contributed by atoms with Crippen molar-refractivity contribution in [2.45, 2.75) is 33.9 Å². The molecule has 0 aliphatic heterocycles. The summed E-state index contributed by atoms with van der Waals surface area (Å²) < 4.78 is 6.96. The first-order valence-corrected chi connectivity index (χ1v) is 8.69. The van der Waals surface area contributed by atoms with Gasteiger partial charge in [0.1, 0.15) is 12.4 Å². The summed E-state index contributed by atoms with van der Waals surface area (Å²) in [5.41, 5.74) is 1.22. The van der Waals surface area contributed by atoms with Crippen LogP contribution >= 0.6 is 27.3 Å². The fraction of sp³-hybridized carbons (Fsp3) is 0.438. The van der Waals surface area contributed by atoms with Crippen LogP contribution in [0.3, 0.4) is 0 Å². The van der Waals surface area contributed by atoms with Crippen LogP contribution in [0.25, 0.3) is 0 Å². The van der Waals surface area contributed by atoms with E-state index in [4.69, 9.17) is 4.74 Å². The van der Waals surface area contributed by atoms with Gasteiger partial charge in [0.05, 0.1) is 9.88 Å². The number of halogens is 1. The summed E-state index contributed by atoms with van der Waals surface area (Å²) in [5, 5.41) is 4.53. The van der Waals surface area contributed by atoms with Crippen LogP contribution in [0.15, 0.2) is 28.9 Å². The molecule has 3 nitrogen and oxygen atoms in total. The van der Waals surface area contributed by atoms with E-state index in [1.807, 2.05) is 25.3 Å². The predicted molar refractivity (Wildman–Crippen MR) is 91.9 cm³/mol. The van der Waals surface area contributed by atoms with Gasteiger partial charge in [-0.3, -0.25) is 0 Å². The van der Waals surface area contributed by atoms with Gasteiger partial charge in [-0.1, -0.05) is 29.8 Å². The Hall–Kier alpha value is -0.910. The first kappa shape index (κ1) is 16.5. The zero-order valence-corrected chi connectivity index (χ0v) is 15.1. The Morgan fingerprint density at radius 3 is 2.86 bits per heavy atom. The molecule has 1 aromatic carbocycles. The Labute approximate surface area is 138 Å². The molecule has 114 valence electrons. The van der Waals surface area contributed by atoms with E-state index < -0.39 is 0 Å². The highest BCUT2D eigenvalue weighted by atomic mass is 79.9. The van der Waals surface area contributed by atoms with E-state index >= 15 is 0 Å². The molecule has 1 aromatic heterocycles. The zero-order chi connectivity index (χ0) is 15.2. The van der Waals surface area contributed by atoms with Gasteiger partial charge in [-0.05, 0) is 43.1 Å². The zero-order valence-electron chi connectivity index (χ0n) is 12.6. The lowest BCUT2D eigenvalue weighted by Gasteiger charge is -2.11. The highest BCUT2D eigenvalue weighted by molar-refractivity contribution is 9.10. The number of thiazole rings is 1. The fourth-order valence-corrected chi connectivity index (χ4v) is 2.99. The Balaban J connectivity index is 1.94. The summed E-state index contributed by atoms with van der Waals surface area (Å²) in [4.78, 5) is 5.39. The van der Waals surface area contributed by atoms with Crippen molar-refractivity contribution in [2.24, 2.45) is 5.92 Å². The number of hydrogen-bond acceptors (Lipinski definition) is 4. The van der Waals surface area contributed by atoms with Crippen molar-refractivity contribution in [2.75, 3.05) is 6.54 Å². The molecule has 1 heterocycles. The number of ether oxygens (including phenoxy) is 1. The normalized spacial score (nSPS) is 11.1. The van der Waals surface area contributed by atoms with Crippen LogP contribution in [0.2, 0.25) is 0 Å². The van der Waals surface area contributed by atoms with Gasteiger partial charge in [0.25, 0.3) is 0 Å². The van der Waals surface area contributed by atoms with Gasteiger partial charge in [-0.15, -0.1) is 11.3 Å². The fourth-order valence-electron chi connectivity index (χ4n) is 1.90. The minimum absolute atomic E-state index is 0.575. The van der Waals surface area contributed by atoms with Crippen LogP contribution in [0.4, 0.5) is 0 Å². The molecule has 0 spiro atoms. The summed E-state index contributed by atoms with van der Waals surface area (Å²) in [5.74, 6) is 1.54. The highest BCUT2D eigenvalue weighted by Crippen LogP contribution is 2.24. The standard InChI is InChI=1S/C16H21BrN2OS/c1-11(2)7-18-8-13-6-14(4-5-16(13)17)20-10-15-9-19-12(3)21-15/h4-6,9,11,18H,7-8,10H2,1-3H3. The summed E-state index contributed by atoms with van der Waals surface area (Å²) in [6, 6.07) is 6.12. The van der Waals surface area contributed by atoms with Crippen molar-refractivity contribution < 1.29 is 4.74 Å². The van der Waals surface area contributed by atoms with E-state index in [2.05, 4.69) is 46.1 Å². The molecule has 0 unspecified atom stereocenters. The summed E-state index contributed by atoms with van der Waals surface area (Å²) in [6.07, 6.45) is 1.88. The molecule has 0 atom stereocenters. The monoisotopic (exact) mass is 368 g/mol. The van der Waals surface area contributed by atoms with E-state index in [1.165, 1.54) is 5.56 Å². The van der Waals surface area contributed by atoms with Crippen LogP contribution in [0.5, 0.6) is 5.75 Å². The number of nitrogens with zero attached hydrogens (tertiary/aromatic N) is 1. The maximum absolute atomic E-state index is 5.85. The third-order valence-corrected chi connectivity index (χ3v) is 4.60. The Bertz CT molecular complexity index is 583. The first-order valence-electron chi connectivity index (χ1n) is 7.08. The quantitative estimate of drug-likeness (QED) is 0.778. The SMILES string of the molecule is Cc1ncc(COc2ccc(Br)c(CNCC(C)C)c2)s1. The molecule has 5 heteroatoms. The summed E-state index contributed by atoms with van der Waals surface area (Å²) >= 11 is 5.27. The smallest absolute Gasteiger partial charge is 0.124 e. The Kier molecular flexibility index (Phi) is 6.21. The number of rotatable bonds is 7. The van der Waals surface area contributed by atoms with E-state index in [-0.39, 0.29) is 0 Å². The lowest BCUT2D eigenvalue weighted by molar-refractivity contribution is 0.309. The molecule has 0 fully saturated rings. The molecular formula is C16H21BrN2OS. The van der Waals surface area contributed by atoms with Gasteiger partial charge in [-0.2, -0.15) is 0 Å². The molecule has 0 amide bonds. The average molecular weight is 369 g/mol. The van der Waals surface area contributed by atoms with Gasteiger partial charge in [0.2, 0.25) is 0 Å². The van der Waals surface area contributed by atoms with E-state index in [0.29, 0.717) is 12.5 Å². The first-order chi connectivity index (χ1) is 10.0. The minimum Gasteiger partial charge on any atom is -0.488 e. The largest absolute Gasteiger partial charge is 0.488 e. The molecule has 0 bridgehead atoms. The molecule has 0 radical (unpaired) electrons. The second-order valence-electron chi connectivity index (χ2n) is 5.41. The third-order valence-electron chi connectivity index (χ3n) is 2.94. The molecule has 2 aromatic rings. The minimum atomic E-state index is 0.575. The Morgan fingerprint density at radius 1 is 1.38 bits per heavy atom. The highest BCUT2D eigenvalue weighted by Gasteiger charge is 2.05. The van der Waals surface area contributed by atoms with Crippen LogP contribution in [0, 0.1) is 12.8 Å². The van der Waals surface area contributed by atoms with E-state index in [0.717, 1.165) is 33.2 Å². The lowest BCUT2D eigenvalue weighted by atomic mass is 10.2. The number of benzene rings is 1. The maximum atomic E-state index is 5.85. The van der Waals surface area contributed by atoms with E-state index in [1.54, 1.807) is 11.3 Å². The number of aromatic nitrogens is 1. The predicted octanol–water partition coefficient (Wildman–Crippen LogP) is 4.54. The molecule has 0 aliphatic rings. The van der Waals surface area contributed by atoms with Crippen molar-refractivity contribution >= 4 is 27.3 Å². The van der Waals surface area contributed by atoms with Gasteiger partial charge in [0, 0.05) is 17.2 Å². The van der Waals surface area contributed by atoms with Crippen LogP contribution < -0.4 is 10.1 Å². The number of aryl methyl sites for hydroxylation is 1. The van der Waals surface area contributed by atoms with Gasteiger partial charge in [-0.25, -0.2) is 4.98 Å². The van der Waals surface area contributed by atoms with Crippen molar-refractivity contribution in [3.05, 3.63) is 44.3 Å². The van der Waals surface area contributed by atoms with Crippen LogP contribution in [-0.4, -0.2) is 11.5 Å². The van der Waals surface area contributed by atoms with Crippen molar-refractivity contribution in [3.63, 3.8) is 0 Å². The van der Waals surface area contributed by atoms with Crippen LogP contribution in [-0.2, 0) is 13.2 Å². The summed E-state index contributed by atoms with van der Waals surface area (Å²) in [6.45, 7) is 8.85. The molecular weight excluding hydrogens is 348 g/mol. The van der Waals surface area contributed by atoms with Gasteiger partial charge in [0.15, 0.2) is 0 Å². The maximum Gasteiger partial charge on any atom is 0.124 e. The third kappa shape index (κ3) is 5.41. The van der Waals surface area contributed by atoms with Crippen molar-refractivity contribution in [1.82, 2.24) is 10.3 Å². The van der Waals surface area contributed by atoms with Gasteiger partial charge >= 0.3 is 0 Å². The average Bonchev–Trinajstić information content (AvgIpc) is 2.85. The van der Waals surface area contributed by atoms with Crippen molar-refractivity contribution in [1.29, 1.82) is 0 Å². The molecule has 0 aliphatic carbocycles. The second kappa shape index (κ2) is 7.92. The molecule has 0 saturated carbocycles. The molecule has 21 heavy (non-hydrogen) atoms. The number of hydrogen-bond donors (Lipinski definition) is 1. The molecule has 1 N–H and O–H groups in total. The van der Waals surface area contributed by atoms with Crippen molar-refractivity contribution in [3.8, 4) is 5.75 Å². The lowest BCUT2D eigenvalue weighted by Crippen LogP contribution is -2.19. The van der Waals surface area contributed by atoms with Gasteiger partial charge < -0.3 is 10.1 Å². The number of nitrogens with one attached hydrogen (secondary N) is 1. The van der Waals surface area contributed by atoms with E-state index in [9.17, 15) is 0 Å². The van der Waals surface area contributed by atoms with Crippen LogP contribution in [0.1, 0.15) is 29.3 Å².